The molecule has 0 fully saturated rings. The molecule has 7 heteroatoms. The van der Waals surface area contributed by atoms with Gasteiger partial charge in [0.05, 0.1) is 18.1 Å². The van der Waals surface area contributed by atoms with Crippen LogP contribution in [0.1, 0.15) is 38.0 Å². The van der Waals surface area contributed by atoms with Gasteiger partial charge in [-0.25, -0.2) is 4.79 Å². The Morgan fingerprint density at radius 1 is 1.15 bits per heavy atom. The van der Waals surface area contributed by atoms with Crippen LogP contribution in [0.3, 0.4) is 0 Å². The average molecular weight is 372 g/mol. The number of rotatable bonds is 7. The Morgan fingerprint density at radius 2 is 1.85 bits per heavy atom. The lowest BCUT2D eigenvalue weighted by Gasteiger charge is -2.22. The van der Waals surface area contributed by atoms with Gasteiger partial charge in [-0.1, -0.05) is 42.5 Å². The third-order valence-corrected chi connectivity index (χ3v) is 3.57. The van der Waals surface area contributed by atoms with Crippen LogP contribution in [0, 0.1) is 10.1 Å². The number of hydrogen-bond acceptors (Lipinski definition) is 5. The summed E-state index contributed by atoms with van der Waals surface area (Å²) in [5.41, 5.74) is 0.997. The fourth-order valence-electron chi connectivity index (χ4n) is 2.39. The van der Waals surface area contributed by atoms with Crippen molar-refractivity contribution in [3.63, 3.8) is 0 Å². The fraction of sp³-hybridized carbons (Fsp3) is 0.350. The first kappa shape index (κ1) is 20.4. The van der Waals surface area contributed by atoms with Gasteiger partial charge in [0, 0.05) is 12.1 Å². The summed E-state index contributed by atoms with van der Waals surface area (Å²) in [5.74, 6) is 0. The maximum Gasteiger partial charge on any atom is 0.407 e. The molecule has 1 atom stereocenters. The van der Waals surface area contributed by atoms with Crippen molar-refractivity contribution in [2.24, 2.45) is 0 Å². The number of non-ortho nitro benzene ring substituents is 1. The normalized spacial score (nSPS) is 12.3. The summed E-state index contributed by atoms with van der Waals surface area (Å²) in [6.07, 6.45) is -0.944. The first-order valence-corrected chi connectivity index (χ1v) is 8.61. The van der Waals surface area contributed by atoms with E-state index in [0.717, 1.165) is 5.56 Å². The first-order valence-electron chi connectivity index (χ1n) is 8.61. The average Bonchev–Trinajstić information content (AvgIpc) is 2.61. The van der Waals surface area contributed by atoms with Gasteiger partial charge < -0.3 is 14.8 Å². The summed E-state index contributed by atoms with van der Waals surface area (Å²) in [6.45, 7) is 5.77. The number of carbonyl (C=O) groups is 1. The van der Waals surface area contributed by atoms with E-state index in [2.05, 4.69) is 5.32 Å². The maximum absolute atomic E-state index is 11.9. The van der Waals surface area contributed by atoms with E-state index >= 15 is 0 Å². The molecule has 0 aliphatic carbocycles. The lowest BCUT2D eigenvalue weighted by Crippen LogP contribution is -2.35. The molecule has 0 aromatic heterocycles. The van der Waals surface area contributed by atoms with Crippen molar-refractivity contribution in [3.8, 4) is 0 Å². The first-order chi connectivity index (χ1) is 12.7. The zero-order valence-electron chi connectivity index (χ0n) is 15.7. The highest BCUT2D eigenvalue weighted by Gasteiger charge is 2.19. The van der Waals surface area contributed by atoms with E-state index in [1.54, 1.807) is 32.9 Å². The molecule has 1 N–H and O–H groups in total. The van der Waals surface area contributed by atoms with E-state index < -0.39 is 22.7 Å². The number of ether oxygens (including phenoxy) is 2. The summed E-state index contributed by atoms with van der Waals surface area (Å²) in [5, 5.41) is 13.6. The van der Waals surface area contributed by atoms with Crippen LogP contribution in [0.5, 0.6) is 0 Å². The predicted octanol–water partition coefficient (Wildman–Crippen LogP) is 4.38. The van der Waals surface area contributed by atoms with Gasteiger partial charge in [0.1, 0.15) is 11.7 Å². The molecule has 7 nitrogen and oxygen atoms in total. The molecule has 0 spiro atoms. The van der Waals surface area contributed by atoms with Crippen LogP contribution in [-0.2, 0) is 16.1 Å². The molecule has 2 rings (SSSR count). The molecule has 1 amide bonds. The summed E-state index contributed by atoms with van der Waals surface area (Å²) >= 11 is 0. The highest BCUT2D eigenvalue weighted by Crippen LogP contribution is 2.20. The minimum Gasteiger partial charge on any atom is -0.444 e. The molecule has 0 saturated carbocycles. The van der Waals surface area contributed by atoms with Crippen LogP contribution in [-0.4, -0.2) is 23.2 Å². The Labute approximate surface area is 158 Å². The quantitative estimate of drug-likeness (QED) is 0.575. The monoisotopic (exact) mass is 372 g/mol. The molecular formula is C20H24N2O5. The number of amides is 1. The highest BCUT2D eigenvalue weighted by atomic mass is 16.6. The van der Waals surface area contributed by atoms with Crippen LogP contribution >= 0.6 is 0 Å². The molecule has 144 valence electrons. The number of nitro benzene ring substituents is 1. The minimum atomic E-state index is -0.587. The van der Waals surface area contributed by atoms with Gasteiger partial charge in [-0.2, -0.15) is 0 Å². The minimum absolute atomic E-state index is 0.0132. The molecule has 27 heavy (non-hydrogen) atoms. The highest BCUT2D eigenvalue weighted by molar-refractivity contribution is 5.67. The van der Waals surface area contributed by atoms with Crippen molar-refractivity contribution >= 4 is 11.8 Å². The van der Waals surface area contributed by atoms with E-state index in [1.807, 2.05) is 30.3 Å². The third-order valence-electron chi connectivity index (χ3n) is 3.57. The number of nitrogens with one attached hydrogen (secondary N) is 1. The van der Waals surface area contributed by atoms with Crippen LogP contribution < -0.4 is 5.32 Å². The van der Waals surface area contributed by atoms with Gasteiger partial charge >= 0.3 is 6.09 Å². The van der Waals surface area contributed by atoms with Crippen molar-refractivity contribution in [2.75, 3.05) is 6.54 Å². The van der Waals surface area contributed by atoms with E-state index in [-0.39, 0.29) is 18.8 Å². The maximum atomic E-state index is 11.9. The SMILES string of the molecule is CC(C)(C)OC(=O)NC[C@H](OCc1cccc([N+](=O)[O-])c1)c1ccccc1. The largest absolute Gasteiger partial charge is 0.444 e. The van der Waals surface area contributed by atoms with Crippen molar-refractivity contribution in [1.82, 2.24) is 5.32 Å². The number of hydrogen-bond donors (Lipinski definition) is 1. The number of alkyl carbamates (subject to hydrolysis) is 1. The van der Waals surface area contributed by atoms with Crippen molar-refractivity contribution < 1.29 is 19.2 Å². The van der Waals surface area contributed by atoms with Gasteiger partial charge in [-0.3, -0.25) is 10.1 Å². The van der Waals surface area contributed by atoms with E-state index in [9.17, 15) is 14.9 Å². The summed E-state index contributed by atoms with van der Waals surface area (Å²) in [4.78, 5) is 22.4. The van der Waals surface area contributed by atoms with Gasteiger partial charge in [-0.05, 0) is 31.9 Å². The predicted molar refractivity (Wildman–Crippen MR) is 101 cm³/mol. The molecule has 0 radical (unpaired) electrons. The van der Waals surface area contributed by atoms with E-state index in [4.69, 9.17) is 9.47 Å². The molecule has 0 aliphatic heterocycles. The second-order valence-corrected chi connectivity index (χ2v) is 7.02. The van der Waals surface area contributed by atoms with E-state index in [0.29, 0.717) is 5.56 Å². The van der Waals surface area contributed by atoms with Gasteiger partial charge in [-0.15, -0.1) is 0 Å². The topological polar surface area (TPSA) is 90.7 Å². The van der Waals surface area contributed by atoms with Crippen LogP contribution in [0.15, 0.2) is 54.6 Å². The molecule has 2 aromatic carbocycles. The van der Waals surface area contributed by atoms with Gasteiger partial charge in [0.2, 0.25) is 0 Å². The van der Waals surface area contributed by atoms with Crippen LogP contribution in [0.25, 0.3) is 0 Å². The number of benzene rings is 2. The summed E-state index contributed by atoms with van der Waals surface area (Å²) in [6, 6.07) is 15.7. The fourth-order valence-corrected chi connectivity index (χ4v) is 2.39. The Bertz CT molecular complexity index is 771. The Morgan fingerprint density at radius 3 is 2.48 bits per heavy atom. The van der Waals surface area contributed by atoms with Crippen LogP contribution in [0.2, 0.25) is 0 Å². The molecule has 2 aromatic rings. The number of nitrogens with zero attached hydrogens (tertiary/aromatic N) is 1. The third kappa shape index (κ3) is 7.07. The number of nitro groups is 1. The smallest absolute Gasteiger partial charge is 0.407 e. The van der Waals surface area contributed by atoms with Gasteiger partial charge in [0.25, 0.3) is 5.69 Å². The zero-order chi connectivity index (χ0) is 19.9. The molecule has 0 heterocycles. The molecule has 0 unspecified atom stereocenters. The molecule has 0 aliphatic rings. The van der Waals surface area contributed by atoms with Crippen molar-refractivity contribution in [3.05, 3.63) is 75.8 Å². The Hall–Kier alpha value is -2.93. The molecular weight excluding hydrogens is 348 g/mol. The standard InChI is InChI=1S/C20H24N2O5/c1-20(2,3)27-19(23)21-13-18(16-9-5-4-6-10-16)26-14-15-8-7-11-17(12-15)22(24)25/h4-12,18H,13-14H2,1-3H3,(H,21,23)/t18-/m0/s1. The Balaban J connectivity index is 2.04. The summed E-state index contributed by atoms with van der Waals surface area (Å²) < 4.78 is 11.2. The van der Waals surface area contributed by atoms with Gasteiger partial charge in [0.15, 0.2) is 0 Å². The molecule has 0 bridgehead atoms. The second-order valence-electron chi connectivity index (χ2n) is 7.02. The number of carbonyl (C=O) groups excluding carboxylic acids is 1. The molecule has 0 saturated heterocycles. The second kappa shape index (κ2) is 9.14. The Kier molecular flexibility index (Phi) is 6.90. The van der Waals surface area contributed by atoms with Crippen molar-refractivity contribution in [2.45, 2.75) is 39.1 Å². The van der Waals surface area contributed by atoms with Crippen LogP contribution in [0.4, 0.5) is 10.5 Å². The van der Waals surface area contributed by atoms with Crippen molar-refractivity contribution in [1.29, 1.82) is 0 Å². The lowest BCUT2D eigenvalue weighted by molar-refractivity contribution is -0.385. The lowest BCUT2D eigenvalue weighted by atomic mass is 10.1. The van der Waals surface area contributed by atoms with E-state index in [1.165, 1.54) is 12.1 Å². The summed E-state index contributed by atoms with van der Waals surface area (Å²) in [7, 11) is 0. The zero-order valence-corrected chi connectivity index (χ0v) is 15.7.